The number of carboxylic acid groups (broad SMARTS) is 1. The molecule has 20 heavy (non-hydrogen) atoms. The molecule has 2 aromatic rings. The van der Waals surface area contributed by atoms with E-state index in [4.69, 9.17) is 5.11 Å². The Morgan fingerprint density at radius 3 is 2.15 bits per heavy atom. The van der Waals surface area contributed by atoms with E-state index in [1.165, 1.54) is 18.3 Å². The lowest BCUT2D eigenvalue weighted by molar-refractivity contribution is 0.0690. The summed E-state index contributed by atoms with van der Waals surface area (Å²) >= 11 is 2.17. The summed E-state index contributed by atoms with van der Waals surface area (Å²) in [6.07, 6.45) is 1.29. The van der Waals surface area contributed by atoms with Crippen molar-refractivity contribution in [2.45, 2.75) is 0 Å². The highest BCUT2D eigenvalue weighted by Gasteiger charge is 2.06. The molecule has 0 radical (unpaired) electrons. The molecular weight excluding hydrogens is 373 g/mol. The third kappa shape index (κ3) is 3.92. The number of hydrogen-bond acceptors (Lipinski definition) is 3. The molecule has 0 atom stereocenters. The minimum atomic E-state index is -1.11. The van der Waals surface area contributed by atoms with Gasteiger partial charge in [0.1, 0.15) is 5.69 Å². The monoisotopic (exact) mass is 383 g/mol. The molecule has 0 aliphatic rings. The molecule has 0 aliphatic heterocycles. The van der Waals surface area contributed by atoms with Crippen LogP contribution in [0.3, 0.4) is 0 Å². The molecule has 0 unspecified atom stereocenters. The van der Waals surface area contributed by atoms with Crippen LogP contribution >= 0.6 is 22.6 Å². The van der Waals surface area contributed by atoms with Crippen molar-refractivity contribution in [3.8, 4) is 0 Å². The maximum Gasteiger partial charge on any atom is 0.354 e. The minimum absolute atomic E-state index is 0.0754. The summed E-state index contributed by atoms with van der Waals surface area (Å²) in [6, 6.07) is 9.70. The van der Waals surface area contributed by atoms with Gasteiger partial charge in [-0.1, -0.05) is 0 Å². The Kier molecular flexibility index (Phi) is 4.51. The van der Waals surface area contributed by atoms with Gasteiger partial charge in [-0.2, -0.15) is 0 Å². The highest BCUT2D eigenvalue weighted by Crippen LogP contribution is 2.12. The number of benzene rings is 1. The van der Waals surface area contributed by atoms with E-state index in [0.717, 1.165) is 3.57 Å². The van der Waals surface area contributed by atoms with Crippen molar-refractivity contribution in [2.24, 2.45) is 0 Å². The van der Waals surface area contributed by atoms with E-state index in [2.05, 4.69) is 38.2 Å². The molecule has 2 rings (SSSR count). The molecule has 0 aliphatic carbocycles. The van der Waals surface area contributed by atoms with E-state index in [-0.39, 0.29) is 5.69 Å². The number of carbonyl (C=O) groups is 2. The molecule has 102 valence electrons. The average Bonchev–Trinajstić information content (AvgIpc) is 2.42. The number of rotatable bonds is 3. The summed E-state index contributed by atoms with van der Waals surface area (Å²) in [4.78, 5) is 26.1. The van der Waals surface area contributed by atoms with Crippen molar-refractivity contribution in [1.82, 2.24) is 4.98 Å². The third-order valence-corrected chi connectivity index (χ3v) is 3.06. The predicted octanol–water partition coefficient (Wildman–Crippen LogP) is 3.03. The van der Waals surface area contributed by atoms with Crippen LogP contribution in [0.15, 0.2) is 42.6 Å². The lowest BCUT2D eigenvalue weighted by Gasteiger charge is -2.07. The molecule has 2 amide bonds. The number of anilines is 2. The minimum Gasteiger partial charge on any atom is -0.477 e. The van der Waals surface area contributed by atoms with Gasteiger partial charge in [0.15, 0.2) is 0 Å². The van der Waals surface area contributed by atoms with Crippen molar-refractivity contribution in [3.63, 3.8) is 0 Å². The van der Waals surface area contributed by atoms with Gasteiger partial charge in [0.2, 0.25) is 0 Å². The highest BCUT2D eigenvalue weighted by atomic mass is 127. The normalized spacial score (nSPS) is 9.85. The molecule has 0 bridgehead atoms. The number of nitrogens with one attached hydrogen (secondary N) is 2. The Morgan fingerprint density at radius 2 is 1.60 bits per heavy atom. The Labute approximate surface area is 128 Å². The smallest absolute Gasteiger partial charge is 0.354 e. The number of urea groups is 1. The lowest BCUT2D eigenvalue weighted by atomic mass is 10.3. The average molecular weight is 383 g/mol. The van der Waals surface area contributed by atoms with Crippen molar-refractivity contribution >= 4 is 46.0 Å². The van der Waals surface area contributed by atoms with E-state index < -0.39 is 12.0 Å². The fraction of sp³-hybridized carbons (Fsp3) is 0. The summed E-state index contributed by atoms with van der Waals surface area (Å²) in [7, 11) is 0. The topological polar surface area (TPSA) is 91.3 Å². The number of nitrogens with zero attached hydrogens (tertiary/aromatic N) is 1. The van der Waals surface area contributed by atoms with Gasteiger partial charge >= 0.3 is 12.0 Å². The number of carbonyl (C=O) groups excluding carboxylic acids is 1. The van der Waals surface area contributed by atoms with Crippen molar-refractivity contribution in [2.75, 3.05) is 10.6 Å². The first kappa shape index (κ1) is 14.3. The first-order chi connectivity index (χ1) is 9.54. The number of aromatic carboxylic acids is 1. The zero-order valence-corrected chi connectivity index (χ0v) is 12.3. The molecular formula is C13H10IN3O3. The molecule has 0 saturated heterocycles. The van der Waals surface area contributed by atoms with Crippen LogP contribution in [0.25, 0.3) is 0 Å². The van der Waals surface area contributed by atoms with E-state index in [1.54, 1.807) is 12.1 Å². The fourth-order valence-corrected chi connectivity index (χ4v) is 1.78. The third-order valence-electron chi connectivity index (χ3n) is 2.34. The molecule has 0 fully saturated rings. The second kappa shape index (κ2) is 6.33. The van der Waals surface area contributed by atoms with Crippen LogP contribution in [0.4, 0.5) is 16.2 Å². The summed E-state index contributed by atoms with van der Waals surface area (Å²) in [5.41, 5.74) is 1.00. The number of amides is 2. The molecule has 1 aromatic heterocycles. The Balaban J connectivity index is 1.97. The van der Waals surface area contributed by atoms with Crippen LogP contribution in [0, 0.1) is 3.57 Å². The van der Waals surface area contributed by atoms with Gasteiger partial charge in [-0.25, -0.2) is 14.6 Å². The number of carboxylic acids is 1. The largest absolute Gasteiger partial charge is 0.477 e. The summed E-state index contributed by atoms with van der Waals surface area (Å²) in [6.45, 7) is 0. The van der Waals surface area contributed by atoms with Gasteiger partial charge in [0.25, 0.3) is 0 Å². The molecule has 0 saturated carbocycles. The quantitative estimate of drug-likeness (QED) is 0.711. The Bertz CT molecular complexity index is 626. The van der Waals surface area contributed by atoms with Crippen LogP contribution < -0.4 is 10.6 Å². The molecule has 7 heteroatoms. The Hall–Kier alpha value is -2.16. The lowest BCUT2D eigenvalue weighted by Crippen LogP contribution is -2.19. The first-order valence-electron chi connectivity index (χ1n) is 5.57. The van der Waals surface area contributed by atoms with E-state index >= 15 is 0 Å². The SMILES string of the molecule is O=C(Nc1ccc(I)cc1)Nc1ccc(C(=O)O)nc1. The molecule has 0 spiro atoms. The van der Waals surface area contributed by atoms with E-state index in [9.17, 15) is 9.59 Å². The number of aromatic nitrogens is 1. The summed E-state index contributed by atoms with van der Waals surface area (Å²) in [5.74, 6) is -1.11. The Morgan fingerprint density at radius 1 is 1.00 bits per heavy atom. The first-order valence-corrected chi connectivity index (χ1v) is 6.65. The molecule has 1 aromatic carbocycles. The number of halogens is 1. The zero-order valence-electron chi connectivity index (χ0n) is 10.1. The summed E-state index contributed by atoms with van der Waals surface area (Å²) in [5, 5.41) is 13.9. The zero-order chi connectivity index (χ0) is 14.5. The van der Waals surface area contributed by atoms with Crippen molar-refractivity contribution < 1.29 is 14.7 Å². The van der Waals surface area contributed by atoms with Crippen LogP contribution in [-0.4, -0.2) is 22.1 Å². The van der Waals surface area contributed by atoms with Crippen LogP contribution in [0.1, 0.15) is 10.5 Å². The number of hydrogen-bond donors (Lipinski definition) is 3. The van der Waals surface area contributed by atoms with Gasteiger partial charge in [-0.3, -0.25) is 0 Å². The predicted molar refractivity (Wildman–Crippen MR) is 83.0 cm³/mol. The van der Waals surface area contributed by atoms with Gasteiger partial charge in [-0.15, -0.1) is 0 Å². The van der Waals surface area contributed by atoms with E-state index in [1.807, 2.05) is 12.1 Å². The van der Waals surface area contributed by atoms with Gasteiger partial charge in [0, 0.05) is 9.26 Å². The number of pyridine rings is 1. The van der Waals surface area contributed by atoms with Crippen LogP contribution in [-0.2, 0) is 0 Å². The van der Waals surface area contributed by atoms with Gasteiger partial charge in [0.05, 0.1) is 11.9 Å². The van der Waals surface area contributed by atoms with Gasteiger partial charge < -0.3 is 15.7 Å². The summed E-state index contributed by atoms with van der Waals surface area (Å²) < 4.78 is 1.07. The van der Waals surface area contributed by atoms with Crippen LogP contribution in [0.2, 0.25) is 0 Å². The molecule has 1 heterocycles. The highest BCUT2D eigenvalue weighted by molar-refractivity contribution is 14.1. The molecule has 3 N–H and O–H groups in total. The second-order valence-corrected chi connectivity index (χ2v) is 5.07. The van der Waals surface area contributed by atoms with E-state index in [0.29, 0.717) is 11.4 Å². The van der Waals surface area contributed by atoms with Gasteiger partial charge in [-0.05, 0) is 59.0 Å². The molecule has 6 nitrogen and oxygen atoms in total. The second-order valence-electron chi connectivity index (χ2n) is 3.82. The van der Waals surface area contributed by atoms with Crippen molar-refractivity contribution in [1.29, 1.82) is 0 Å². The standard InChI is InChI=1S/C13H10IN3O3/c14-8-1-3-9(4-2-8)16-13(20)17-10-5-6-11(12(18)19)15-7-10/h1-7H,(H,18,19)(H2,16,17,20). The maximum absolute atomic E-state index is 11.7. The fourth-order valence-electron chi connectivity index (χ4n) is 1.42. The maximum atomic E-state index is 11.7. The van der Waals surface area contributed by atoms with Crippen LogP contribution in [0.5, 0.6) is 0 Å². The van der Waals surface area contributed by atoms with Crippen molar-refractivity contribution in [3.05, 3.63) is 51.9 Å².